The summed E-state index contributed by atoms with van der Waals surface area (Å²) in [5.74, 6) is -0.869. The number of phosphoric ester groups is 1. The Morgan fingerprint density at radius 2 is 0.770 bits per heavy atom. The number of carbonyl (C=O) groups excluding carboxylic acids is 2. The lowest BCUT2D eigenvalue weighted by Gasteiger charge is -2.28. The van der Waals surface area contributed by atoms with E-state index in [1.807, 2.05) is 21.1 Å². The fraction of sp³-hybridized carbons (Fsp3) is 0.688. The number of allylic oxidation sites excluding steroid dienone is 18. The molecule has 0 aliphatic carbocycles. The Kier molecular flexibility index (Phi) is 52.0. The molecule has 0 aromatic heterocycles. The van der Waals surface area contributed by atoms with Crippen molar-refractivity contribution in [1.82, 2.24) is 0 Å². The van der Waals surface area contributed by atoms with Gasteiger partial charge in [-0.25, -0.2) is 0 Å². The maximum absolute atomic E-state index is 12.8. The molecule has 0 bridgehead atoms. The number of quaternary nitrogens is 1. The monoisotopic (exact) mass is 1050 g/mol. The first-order valence-electron chi connectivity index (χ1n) is 29.6. The minimum Gasteiger partial charge on any atom is -0.756 e. The first kappa shape index (κ1) is 70.7. The molecular weight excluding hydrogens is 942 g/mol. The van der Waals surface area contributed by atoms with Crippen LogP contribution in [0, 0.1) is 0 Å². The predicted octanol–water partition coefficient (Wildman–Crippen LogP) is 18.0. The molecule has 0 rings (SSSR count). The molecule has 0 aromatic carbocycles. The van der Waals surface area contributed by atoms with Crippen LogP contribution < -0.4 is 4.89 Å². The summed E-state index contributed by atoms with van der Waals surface area (Å²) in [6, 6.07) is 0. The molecule has 0 aliphatic rings. The lowest BCUT2D eigenvalue weighted by atomic mass is 10.1. The summed E-state index contributed by atoms with van der Waals surface area (Å²) >= 11 is 0. The fourth-order valence-corrected chi connectivity index (χ4v) is 8.45. The molecule has 0 radical (unpaired) electrons. The summed E-state index contributed by atoms with van der Waals surface area (Å²) in [5, 5.41) is 0. The van der Waals surface area contributed by atoms with Gasteiger partial charge in [-0.3, -0.25) is 14.2 Å². The first-order chi connectivity index (χ1) is 36.0. The Labute approximate surface area is 455 Å². The number of ether oxygens (including phenoxy) is 2. The molecule has 0 amide bonds. The number of nitrogens with zero attached hydrogens (tertiary/aromatic N) is 1. The number of carbonyl (C=O) groups is 2. The van der Waals surface area contributed by atoms with Crippen molar-refractivity contribution in [3.05, 3.63) is 109 Å². The van der Waals surface area contributed by atoms with Crippen molar-refractivity contribution in [3.63, 3.8) is 0 Å². The molecule has 424 valence electrons. The van der Waals surface area contributed by atoms with Gasteiger partial charge in [0.15, 0.2) is 6.10 Å². The average molecular weight is 1050 g/mol. The zero-order valence-electron chi connectivity index (χ0n) is 48.0. The summed E-state index contributed by atoms with van der Waals surface area (Å²) in [4.78, 5) is 37.9. The highest BCUT2D eigenvalue weighted by atomic mass is 31.2. The summed E-state index contributed by atoms with van der Waals surface area (Å²) in [6.45, 7) is 4.09. The Bertz CT molecular complexity index is 1620. The number of rotatable bonds is 53. The number of hydrogen-bond acceptors (Lipinski definition) is 8. The minimum atomic E-state index is -4.65. The number of hydrogen-bond donors (Lipinski definition) is 0. The van der Waals surface area contributed by atoms with E-state index in [1.54, 1.807) is 0 Å². The standard InChI is InChI=1S/C64H110NO8P/c1-6-8-10-12-14-16-18-20-22-24-26-28-29-30-31-32-33-34-35-37-39-41-43-45-47-49-51-53-55-57-64(67)73-62(61-72-74(68,69)71-59-58-65(3,4)5)60-70-63(66)56-54-52-50-48-46-44-42-40-38-36-27-25-23-21-19-17-15-13-11-9-7-2/h8,10,14,16,20,22,25-28,30-31,33-34,37,39,43,45,62H,6-7,9,11-13,15,17-19,21,23-24,29,32,35-36,38,40-42,44,46-61H2,1-5H3/b10-8-,16-14-,22-20-,27-25-,28-26-,31-30-,34-33-,39-37-,45-43-. The van der Waals surface area contributed by atoms with E-state index in [2.05, 4.69) is 123 Å². The van der Waals surface area contributed by atoms with Crippen LogP contribution in [0.25, 0.3) is 0 Å². The van der Waals surface area contributed by atoms with Gasteiger partial charge in [-0.2, -0.15) is 0 Å². The van der Waals surface area contributed by atoms with Gasteiger partial charge in [-0.15, -0.1) is 0 Å². The lowest BCUT2D eigenvalue weighted by molar-refractivity contribution is -0.870. The average Bonchev–Trinajstić information content (AvgIpc) is 3.36. The van der Waals surface area contributed by atoms with Crippen molar-refractivity contribution >= 4 is 19.8 Å². The van der Waals surface area contributed by atoms with Crippen molar-refractivity contribution in [1.29, 1.82) is 0 Å². The van der Waals surface area contributed by atoms with Gasteiger partial charge in [-0.05, 0) is 103 Å². The zero-order chi connectivity index (χ0) is 54.2. The third kappa shape index (κ3) is 57.9. The molecule has 0 aliphatic heterocycles. The number of unbranched alkanes of at least 4 members (excludes halogenated alkanes) is 21. The van der Waals surface area contributed by atoms with Gasteiger partial charge < -0.3 is 27.9 Å². The number of esters is 2. The van der Waals surface area contributed by atoms with Gasteiger partial charge in [0, 0.05) is 12.8 Å². The Morgan fingerprint density at radius 3 is 1.16 bits per heavy atom. The lowest BCUT2D eigenvalue weighted by Crippen LogP contribution is -2.37. The predicted molar refractivity (Wildman–Crippen MR) is 314 cm³/mol. The van der Waals surface area contributed by atoms with Crippen LogP contribution in [0.1, 0.15) is 232 Å². The molecule has 0 saturated carbocycles. The van der Waals surface area contributed by atoms with Crippen LogP contribution in [0.5, 0.6) is 0 Å². The van der Waals surface area contributed by atoms with Gasteiger partial charge in [0.2, 0.25) is 0 Å². The normalized spacial score (nSPS) is 14.1. The van der Waals surface area contributed by atoms with E-state index in [0.29, 0.717) is 17.4 Å². The van der Waals surface area contributed by atoms with E-state index in [1.165, 1.54) is 96.3 Å². The van der Waals surface area contributed by atoms with E-state index in [-0.39, 0.29) is 26.1 Å². The van der Waals surface area contributed by atoms with Gasteiger partial charge in [0.25, 0.3) is 7.82 Å². The maximum atomic E-state index is 12.8. The third-order valence-electron chi connectivity index (χ3n) is 12.3. The molecule has 9 nitrogen and oxygen atoms in total. The van der Waals surface area contributed by atoms with Crippen LogP contribution in [-0.2, 0) is 32.7 Å². The van der Waals surface area contributed by atoms with Gasteiger partial charge in [0.1, 0.15) is 19.8 Å². The van der Waals surface area contributed by atoms with Crippen molar-refractivity contribution in [2.75, 3.05) is 47.5 Å². The molecule has 0 fully saturated rings. The summed E-state index contributed by atoms with van der Waals surface area (Å²) in [5.41, 5.74) is 0. The second-order valence-electron chi connectivity index (χ2n) is 20.6. The molecule has 2 atom stereocenters. The second kappa shape index (κ2) is 54.5. The van der Waals surface area contributed by atoms with E-state index >= 15 is 0 Å². The van der Waals surface area contributed by atoms with Crippen LogP contribution in [0.2, 0.25) is 0 Å². The molecule has 0 N–H and O–H groups in total. The van der Waals surface area contributed by atoms with E-state index in [9.17, 15) is 19.0 Å². The van der Waals surface area contributed by atoms with Crippen LogP contribution in [0.15, 0.2) is 109 Å². The smallest absolute Gasteiger partial charge is 0.306 e. The molecular formula is C64H110NO8P. The van der Waals surface area contributed by atoms with Crippen molar-refractivity contribution in [2.24, 2.45) is 0 Å². The molecule has 10 heteroatoms. The largest absolute Gasteiger partial charge is 0.756 e. The second-order valence-corrected chi connectivity index (χ2v) is 22.0. The number of likely N-dealkylation sites (N-methyl/N-ethyl adjacent to an activating group) is 1. The quantitative estimate of drug-likeness (QED) is 0.0195. The number of phosphoric acid groups is 1. The first-order valence-corrected chi connectivity index (χ1v) is 31.1. The highest BCUT2D eigenvalue weighted by Crippen LogP contribution is 2.38. The molecule has 74 heavy (non-hydrogen) atoms. The SMILES string of the molecule is CC/C=C\C/C=C\C/C=C\C/C=C\C/C=C\C/C=C\C/C=C\C/C=C\CCCCCCC(=O)OC(COC(=O)CCCCCCCCCCC/C=C\CCCCCCCCCC)COP(=O)([O-])OCC[N+](C)(C)C. The van der Waals surface area contributed by atoms with Crippen molar-refractivity contribution in [2.45, 2.75) is 238 Å². The Hall–Kier alpha value is -3.33. The molecule has 0 spiro atoms. The maximum Gasteiger partial charge on any atom is 0.306 e. The molecule has 0 heterocycles. The zero-order valence-corrected chi connectivity index (χ0v) is 48.9. The van der Waals surface area contributed by atoms with E-state index < -0.39 is 32.5 Å². The van der Waals surface area contributed by atoms with Crippen LogP contribution in [-0.4, -0.2) is 70.0 Å². The van der Waals surface area contributed by atoms with Crippen LogP contribution >= 0.6 is 7.82 Å². The highest BCUT2D eigenvalue weighted by Gasteiger charge is 2.21. The van der Waals surface area contributed by atoms with Gasteiger partial charge >= 0.3 is 11.9 Å². The molecule has 2 unspecified atom stereocenters. The fourth-order valence-electron chi connectivity index (χ4n) is 7.72. The minimum absolute atomic E-state index is 0.0421. The summed E-state index contributed by atoms with van der Waals surface area (Å²) in [6.07, 6.45) is 75.6. The van der Waals surface area contributed by atoms with E-state index in [4.69, 9.17) is 18.5 Å². The highest BCUT2D eigenvalue weighted by molar-refractivity contribution is 7.45. The van der Waals surface area contributed by atoms with Crippen molar-refractivity contribution in [3.8, 4) is 0 Å². The third-order valence-corrected chi connectivity index (χ3v) is 13.2. The summed E-state index contributed by atoms with van der Waals surface area (Å²) < 4.78 is 34.1. The summed E-state index contributed by atoms with van der Waals surface area (Å²) in [7, 11) is 1.13. The van der Waals surface area contributed by atoms with Gasteiger partial charge in [0.05, 0.1) is 27.7 Å². The Balaban J connectivity index is 4.27. The Morgan fingerprint density at radius 1 is 0.432 bits per heavy atom. The van der Waals surface area contributed by atoms with Crippen molar-refractivity contribution < 1.29 is 42.1 Å². The van der Waals surface area contributed by atoms with Crippen LogP contribution in [0.4, 0.5) is 0 Å². The molecule has 0 aromatic rings. The molecule has 0 saturated heterocycles. The van der Waals surface area contributed by atoms with Crippen LogP contribution in [0.3, 0.4) is 0 Å². The van der Waals surface area contributed by atoms with Gasteiger partial charge in [-0.1, -0.05) is 226 Å². The van der Waals surface area contributed by atoms with E-state index in [0.717, 1.165) is 103 Å². The topological polar surface area (TPSA) is 111 Å².